The lowest BCUT2D eigenvalue weighted by atomic mass is 9.76. The topological polar surface area (TPSA) is 21.3 Å². The largest absolute Gasteiger partial charge is 0.497 e. The number of hydrogen-bond acceptors (Lipinski definition) is 2. The maximum Gasteiger partial charge on any atom is 0.118 e. The molecule has 0 amide bonds. The SMILES string of the molecule is COc1ccc(C2CC(Nc3ccc(C)cc3Cl)C2)cc1. The van der Waals surface area contributed by atoms with Gasteiger partial charge in [-0.1, -0.05) is 29.8 Å². The predicted octanol–water partition coefficient (Wildman–Crippen LogP) is 5.02. The van der Waals surface area contributed by atoms with Gasteiger partial charge in [0.05, 0.1) is 17.8 Å². The molecule has 21 heavy (non-hydrogen) atoms. The summed E-state index contributed by atoms with van der Waals surface area (Å²) >= 11 is 6.27. The molecule has 0 heterocycles. The average Bonchev–Trinajstić information content (AvgIpc) is 2.44. The van der Waals surface area contributed by atoms with Crippen LogP contribution < -0.4 is 10.1 Å². The van der Waals surface area contributed by atoms with E-state index in [1.165, 1.54) is 11.1 Å². The Labute approximate surface area is 131 Å². The van der Waals surface area contributed by atoms with Crippen LogP contribution in [0.25, 0.3) is 0 Å². The summed E-state index contributed by atoms with van der Waals surface area (Å²) in [4.78, 5) is 0. The van der Waals surface area contributed by atoms with Crippen LogP contribution in [0.1, 0.15) is 29.9 Å². The van der Waals surface area contributed by atoms with Crippen molar-refractivity contribution in [3.8, 4) is 5.75 Å². The minimum absolute atomic E-state index is 0.511. The van der Waals surface area contributed by atoms with E-state index in [2.05, 4.69) is 36.5 Å². The summed E-state index contributed by atoms with van der Waals surface area (Å²) in [5.74, 6) is 1.55. The number of nitrogens with one attached hydrogen (secondary N) is 1. The first-order valence-corrected chi connectivity index (χ1v) is 7.70. The Morgan fingerprint density at radius 1 is 1.10 bits per heavy atom. The monoisotopic (exact) mass is 301 g/mol. The number of methoxy groups -OCH3 is 1. The van der Waals surface area contributed by atoms with Gasteiger partial charge in [-0.3, -0.25) is 0 Å². The highest BCUT2D eigenvalue weighted by molar-refractivity contribution is 6.33. The van der Waals surface area contributed by atoms with Crippen LogP contribution in [-0.4, -0.2) is 13.2 Å². The smallest absolute Gasteiger partial charge is 0.118 e. The zero-order chi connectivity index (χ0) is 14.8. The van der Waals surface area contributed by atoms with Crippen LogP contribution in [0.3, 0.4) is 0 Å². The number of hydrogen-bond donors (Lipinski definition) is 1. The zero-order valence-corrected chi connectivity index (χ0v) is 13.2. The highest BCUT2D eigenvalue weighted by Gasteiger charge is 2.30. The van der Waals surface area contributed by atoms with Gasteiger partial charge in [-0.05, 0) is 61.1 Å². The molecule has 0 bridgehead atoms. The van der Waals surface area contributed by atoms with E-state index in [4.69, 9.17) is 16.3 Å². The van der Waals surface area contributed by atoms with Crippen molar-refractivity contribution < 1.29 is 4.74 Å². The maximum absolute atomic E-state index is 6.27. The number of halogens is 1. The first-order chi connectivity index (χ1) is 10.2. The van der Waals surface area contributed by atoms with Crippen molar-refractivity contribution in [1.29, 1.82) is 0 Å². The molecule has 110 valence electrons. The molecule has 3 heteroatoms. The number of aryl methyl sites for hydroxylation is 1. The van der Waals surface area contributed by atoms with Crippen LogP contribution >= 0.6 is 11.6 Å². The van der Waals surface area contributed by atoms with E-state index < -0.39 is 0 Å². The second kappa shape index (κ2) is 5.98. The molecule has 2 nitrogen and oxygen atoms in total. The Kier molecular flexibility index (Phi) is 4.07. The minimum Gasteiger partial charge on any atom is -0.497 e. The third-order valence-electron chi connectivity index (χ3n) is 4.21. The minimum atomic E-state index is 0.511. The Morgan fingerprint density at radius 3 is 2.43 bits per heavy atom. The Hall–Kier alpha value is -1.67. The second-order valence-corrected chi connectivity index (χ2v) is 6.17. The van der Waals surface area contributed by atoms with E-state index in [9.17, 15) is 0 Å². The number of rotatable bonds is 4. The number of ether oxygens (including phenoxy) is 1. The van der Waals surface area contributed by atoms with Crippen molar-refractivity contribution in [2.75, 3.05) is 12.4 Å². The fourth-order valence-electron chi connectivity index (χ4n) is 2.84. The Bertz CT molecular complexity index is 618. The van der Waals surface area contributed by atoms with Crippen LogP contribution in [-0.2, 0) is 0 Å². The molecule has 0 spiro atoms. The Morgan fingerprint density at radius 2 is 1.81 bits per heavy atom. The molecule has 0 aromatic heterocycles. The van der Waals surface area contributed by atoms with Crippen molar-refractivity contribution in [2.24, 2.45) is 0 Å². The third-order valence-corrected chi connectivity index (χ3v) is 4.52. The molecule has 1 aliphatic carbocycles. The van der Waals surface area contributed by atoms with Crippen LogP contribution in [0.2, 0.25) is 5.02 Å². The van der Waals surface area contributed by atoms with Gasteiger partial charge in [0, 0.05) is 6.04 Å². The van der Waals surface area contributed by atoms with E-state index in [0.29, 0.717) is 12.0 Å². The summed E-state index contributed by atoms with van der Waals surface area (Å²) in [7, 11) is 1.70. The molecule has 2 aromatic rings. The van der Waals surface area contributed by atoms with Crippen LogP contribution in [0.5, 0.6) is 5.75 Å². The summed E-state index contributed by atoms with van der Waals surface area (Å²) in [5.41, 5.74) is 3.62. The molecule has 0 saturated heterocycles. The van der Waals surface area contributed by atoms with Crippen molar-refractivity contribution in [3.63, 3.8) is 0 Å². The lowest BCUT2D eigenvalue weighted by Gasteiger charge is -2.37. The van der Waals surface area contributed by atoms with E-state index in [0.717, 1.165) is 29.3 Å². The normalized spacial score (nSPS) is 20.7. The molecule has 1 aliphatic rings. The van der Waals surface area contributed by atoms with Gasteiger partial charge in [0.15, 0.2) is 0 Å². The van der Waals surface area contributed by atoms with Crippen LogP contribution in [0.4, 0.5) is 5.69 Å². The maximum atomic E-state index is 6.27. The third kappa shape index (κ3) is 3.16. The first-order valence-electron chi connectivity index (χ1n) is 7.32. The molecule has 0 unspecified atom stereocenters. The molecular formula is C18H20ClNO. The van der Waals surface area contributed by atoms with Crippen LogP contribution in [0, 0.1) is 6.92 Å². The van der Waals surface area contributed by atoms with Crippen molar-refractivity contribution in [2.45, 2.75) is 31.7 Å². The fraction of sp³-hybridized carbons (Fsp3) is 0.333. The fourth-order valence-corrected chi connectivity index (χ4v) is 3.13. The van der Waals surface area contributed by atoms with Gasteiger partial charge in [-0.2, -0.15) is 0 Å². The van der Waals surface area contributed by atoms with Crippen molar-refractivity contribution >= 4 is 17.3 Å². The summed E-state index contributed by atoms with van der Waals surface area (Å²) in [5, 5.41) is 4.35. The molecular weight excluding hydrogens is 282 g/mol. The zero-order valence-electron chi connectivity index (χ0n) is 12.4. The Balaban J connectivity index is 1.57. The van der Waals surface area contributed by atoms with E-state index in [-0.39, 0.29) is 0 Å². The molecule has 1 saturated carbocycles. The van der Waals surface area contributed by atoms with Crippen LogP contribution in [0.15, 0.2) is 42.5 Å². The van der Waals surface area contributed by atoms with Gasteiger partial charge in [-0.15, -0.1) is 0 Å². The second-order valence-electron chi connectivity index (χ2n) is 5.77. The highest BCUT2D eigenvalue weighted by Crippen LogP contribution is 2.39. The lowest BCUT2D eigenvalue weighted by molar-refractivity contribution is 0.373. The van der Waals surface area contributed by atoms with Gasteiger partial charge < -0.3 is 10.1 Å². The van der Waals surface area contributed by atoms with E-state index >= 15 is 0 Å². The quantitative estimate of drug-likeness (QED) is 0.856. The van der Waals surface area contributed by atoms with Gasteiger partial charge in [0.1, 0.15) is 5.75 Å². The van der Waals surface area contributed by atoms with Crippen molar-refractivity contribution in [1.82, 2.24) is 0 Å². The average molecular weight is 302 g/mol. The molecule has 0 radical (unpaired) electrons. The number of anilines is 1. The summed E-state index contributed by atoms with van der Waals surface area (Å²) < 4.78 is 5.20. The lowest BCUT2D eigenvalue weighted by Crippen LogP contribution is -2.34. The van der Waals surface area contributed by atoms with Gasteiger partial charge >= 0.3 is 0 Å². The standard InChI is InChI=1S/C18H20ClNO/c1-12-3-8-18(17(19)9-12)20-15-10-14(11-15)13-4-6-16(21-2)7-5-13/h3-9,14-15,20H,10-11H2,1-2H3. The molecule has 2 aromatic carbocycles. The van der Waals surface area contributed by atoms with E-state index in [1.54, 1.807) is 7.11 Å². The number of benzene rings is 2. The molecule has 1 fully saturated rings. The predicted molar refractivity (Wildman–Crippen MR) is 88.6 cm³/mol. The molecule has 3 rings (SSSR count). The highest BCUT2D eigenvalue weighted by atomic mass is 35.5. The molecule has 1 N–H and O–H groups in total. The summed E-state index contributed by atoms with van der Waals surface area (Å²) in [6, 6.07) is 15.1. The van der Waals surface area contributed by atoms with Gasteiger partial charge in [0.25, 0.3) is 0 Å². The van der Waals surface area contributed by atoms with Gasteiger partial charge in [-0.25, -0.2) is 0 Å². The first kappa shape index (κ1) is 14.3. The van der Waals surface area contributed by atoms with E-state index in [1.807, 2.05) is 18.2 Å². The van der Waals surface area contributed by atoms with Gasteiger partial charge in [0.2, 0.25) is 0 Å². The summed E-state index contributed by atoms with van der Waals surface area (Å²) in [6.45, 7) is 2.05. The molecule has 0 aliphatic heterocycles. The molecule has 0 atom stereocenters. The summed E-state index contributed by atoms with van der Waals surface area (Å²) in [6.07, 6.45) is 2.30. The van der Waals surface area contributed by atoms with Crippen molar-refractivity contribution in [3.05, 3.63) is 58.6 Å².